The molecule has 1 fully saturated rings. The molecular formula is C12H17F3N4O. The van der Waals surface area contributed by atoms with Gasteiger partial charge in [0.2, 0.25) is 5.82 Å². The summed E-state index contributed by atoms with van der Waals surface area (Å²) >= 11 is 0. The van der Waals surface area contributed by atoms with Crippen LogP contribution in [0.3, 0.4) is 0 Å². The molecule has 0 spiro atoms. The van der Waals surface area contributed by atoms with Crippen molar-refractivity contribution in [3.05, 3.63) is 23.3 Å². The molecule has 1 aliphatic rings. The predicted molar refractivity (Wildman–Crippen MR) is 65.8 cm³/mol. The van der Waals surface area contributed by atoms with E-state index in [1.54, 1.807) is 6.92 Å². The van der Waals surface area contributed by atoms with E-state index in [9.17, 15) is 13.2 Å². The average Bonchev–Trinajstić information content (AvgIpc) is 2.40. The zero-order valence-corrected chi connectivity index (χ0v) is 11.2. The highest BCUT2D eigenvalue weighted by Crippen LogP contribution is 2.26. The predicted octanol–water partition coefficient (Wildman–Crippen LogP) is 0.963. The fourth-order valence-corrected chi connectivity index (χ4v) is 2.09. The molecule has 8 heteroatoms. The van der Waals surface area contributed by atoms with Crippen molar-refractivity contribution in [1.29, 1.82) is 0 Å². The molecule has 0 radical (unpaired) electrons. The van der Waals surface area contributed by atoms with Gasteiger partial charge in [-0.05, 0) is 6.92 Å². The number of aryl methyl sites for hydroxylation is 1. The molecule has 1 unspecified atom stereocenters. The van der Waals surface area contributed by atoms with Crippen molar-refractivity contribution in [2.24, 2.45) is 5.73 Å². The Kier molecular flexibility index (Phi) is 4.56. The molecule has 0 aliphatic carbocycles. The number of halogens is 3. The van der Waals surface area contributed by atoms with E-state index in [1.807, 2.05) is 0 Å². The number of aromatic nitrogens is 2. The van der Waals surface area contributed by atoms with Gasteiger partial charge in [-0.3, -0.25) is 4.90 Å². The Balaban J connectivity index is 2.06. The van der Waals surface area contributed by atoms with E-state index in [0.717, 1.165) is 6.54 Å². The molecule has 2 heterocycles. The number of rotatable bonds is 3. The Morgan fingerprint density at radius 2 is 2.25 bits per heavy atom. The van der Waals surface area contributed by atoms with E-state index in [1.165, 1.54) is 6.20 Å². The largest absolute Gasteiger partial charge is 0.451 e. The summed E-state index contributed by atoms with van der Waals surface area (Å²) in [6.45, 7) is 4.45. The number of hydrogen-bond donors (Lipinski definition) is 1. The maximum atomic E-state index is 12.5. The highest BCUT2D eigenvalue weighted by molar-refractivity contribution is 5.17. The topological polar surface area (TPSA) is 64.3 Å². The van der Waals surface area contributed by atoms with Crippen LogP contribution in [0.4, 0.5) is 13.2 Å². The van der Waals surface area contributed by atoms with Crippen LogP contribution in [0, 0.1) is 6.92 Å². The number of alkyl halides is 3. The first-order chi connectivity index (χ1) is 9.40. The third-order valence-electron chi connectivity index (χ3n) is 3.21. The zero-order valence-electron chi connectivity index (χ0n) is 11.2. The van der Waals surface area contributed by atoms with Crippen LogP contribution in [-0.2, 0) is 17.5 Å². The van der Waals surface area contributed by atoms with Gasteiger partial charge < -0.3 is 10.5 Å². The highest BCUT2D eigenvalue weighted by atomic mass is 19.4. The first-order valence-electron chi connectivity index (χ1n) is 6.34. The fourth-order valence-electron chi connectivity index (χ4n) is 2.09. The lowest BCUT2D eigenvalue weighted by atomic mass is 10.2. The Labute approximate surface area is 114 Å². The van der Waals surface area contributed by atoms with Gasteiger partial charge in [-0.25, -0.2) is 9.97 Å². The van der Waals surface area contributed by atoms with Gasteiger partial charge >= 0.3 is 6.18 Å². The third-order valence-corrected chi connectivity index (χ3v) is 3.21. The lowest BCUT2D eigenvalue weighted by Crippen LogP contribution is -2.45. The number of hydrogen-bond acceptors (Lipinski definition) is 5. The Morgan fingerprint density at radius 3 is 2.85 bits per heavy atom. The monoisotopic (exact) mass is 290 g/mol. The number of nitrogens with zero attached hydrogens (tertiary/aromatic N) is 3. The summed E-state index contributed by atoms with van der Waals surface area (Å²) in [5.41, 5.74) is 6.60. The summed E-state index contributed by atoms with van der Waals surface area (Å²) in [4.78, 5) is 9.01. The van der Waals surface area contributed by atoms with Crippen LogP contribution in [0.15, 0.2) is 6.20 Å². The minimum Gasteiger partial charge on any atom is -0.374 e. The van der Waals surface area contributed by atoms with Crippen molar-refractivity contribution in [2.45, 2.75) is 25.7 Å². The van der Waals surface area contributed by atoms with Crippen LogP contribution < -0.4 is 5.73 Å². The van der Waals surface area contributed by atoms with Crippen molar-refractivity contribution in [1.82, 2.24) is 14.9 Å². The van der Waals surface area contributed by atoms with Crippen LogP contribution in [0.5, 0.6) is 0 Å². The van der Waals surface area contributed by atoms with Crippen LogP contribution in [0.25, 0.3) is 0 Å². The summed E-state index contributed by atoms with van der Waals surface area (Å²) in [7, 11) is 0. The van der Waals surface area contributed by atoms with Crippen LogP contribution in [-0.4, -0.2) is 47.2 Å². The minimum absolute atomic E-state index is 0.0283. The molecule has 0 saturated carbocycles. The number of morpholine rings is 1. The van der Waals surface area contributed by atoms with E-state index in [4.69, 9.17) is 10.5 Å². The minimum atomic E-state index is -4.51. The van der Waals surface area contributed by atoms with Gasteiger partial charge in [0.25, 0.3) is 0 Å². The first-order valence-corrected chi connectivity index (χ1v) is 6.34. The molecule has 1 atom stereocenters. The lowest BCUT2D eigenvalue weighted by molar-refractivity contribution is -0.145. The van der Waals surface area contributed by atoms with Crippen LogP contribution in [0.2, 0.25) is 0 Å². The molecule has 0 amide bonds. The zero-order chi connectivity index (χ0) is 14.8. The Morgan fingerprint density at radius 1 is 1.50 bits per heavy atom. The molecule has 0 bridgehead atoms. The maximum absolute atomic E-state index is 12.5. The first kappa shape index (κ1) is 15.1. The second-order valence-corrected chi connectivity index (χ2v) is 4.77. The van der Waals surface area contributed by atoms with Gasteiger partial charge in [0.05, 0.1) is 12.7 Å². The molecule has 112 valence electrons. The van der Waals surface area contributed by atoms with Crippen molar-refractivity contribution in [2.75, 3.05) is 26.2 Å². The smallest absolute Gasteiger partial charge is 0.374 e. The Hall–Kier alpha value is -1.25. The Bertz CT molecular complexity index is 467. The van der Waals surface area contributed by atoms with E-state index in [-0.39, 0.29) is 6.10 Å². The van der Waals surface area contributed by atoms with Crippen LogP contribution in [0.1, 0.15) is 17.1 Å². The number of ether oxygens (including phenoxy) is 1. The summed E-state index contributed by atoms with van der Waals surface area (Å²) in [6.07, 6.45) is -3.29. The van der Waals surface area contributed by atoms with Crippen LogP contribution >= 0.6 is 0 Å². The highest BCUT2D eigenvalue weighted by Gasteiger charge is 2.35. The van der Waals surface area contributed by atoms with Crippen molar-refractivity contribution in [3.63, 3.8) is 0 Å². The second-order valence-electron chi connectivity index (χ2n) is 4.77. The molecule has 1 aromatic heterocycles. The molecule has 5 nitrogen and oxygen atoms in total. The molecule has 1 aliphatic heterocycles. The maximum Gasteiger partial charge on any atom is 0.451 e. The van der Waals surface area contributed by atoms with E-state index >= 15 is 0 Å². The summed E-state index contributed by atoms with van der Waals surface area (Å²) in [5, 5.41) is 0. The van der Waals surface area contributed by atoms with Crippen molar-refractivity contribution in [3.8, 4) is 0 Å². The summed E-state index contributed by atoms with van der Waals surface area (Å²) in [6, 6.07) is 0. The summed E-state index contributed by atoms with van der Waals surface area (Å²) < 4.78 is 42.9. The van der Waals surface area contributed by atoms with Gasteiger partial charge in [-0.1, -0.05) is 0 Å². The number of nitrogens with two attached hydrogens (primary N) is 1. The molecule has 20 heavy (non-hydrogen) atoms. The second kappa shape index (κ2) is 6.02. The molecular weight excluding hydrogens is 273 g/mol. The van der Waals surface area contributed by atoms with Gasteiger partial charge in [0.1, 0.15) is 0 Å². The molecule has 1 saturated heterocycles. The summed E-state index contributed by atoms with van der Waals surface area (Å²) in [5.74, 6) is -1.10. The van der Waals surface area contributed by atoms with Crippen molar-refractivity contribution < 1.29 is 17.9 Å². The quantitative estimate of drug-likeness (QED) is 0.898. The average molecular weight is 290 g/mol. The van der Waals surface area contributed by atoms with Crippen molar-refractivity contribution >= 4 is 0 Å². The van der Waals surface area contributed by atoms with Gasteiger partial charge in [0, 0.05) is 43.6 Å². The van der Waals surface area contributed by atoms with E-state index in [2.05, 4.69) is 14.9 Å². The van der Waals surface area contributed by atoms with Gasteiger partial charge in [-0.2, -0.15) is 13.2 Å². The molecule has 2 N–H and O–H groups in total. The lowest BCUT2D eigenvalue weighted by Gasteiger charge is -2.32. The molecule has 1 aromatic rings. The van der Waals surface area contributed by atoms with E-state index < -0.39 is 12.0 Å². The van der Waals surface area contributed by atoms with Gasteiger partial charge in [0.15, 0.2) is 0 Å². The normalized spacial score (nSPS) is 21.1. The molecule has 2 rings (SSSR count). The third kappa shape index (κ3) is 3.65. The molecule has 0 aromatic carbocycles. The standard InChI is InChI=1S/C12H17F3N4O/c1-8-9(5-17-11(18-8)12(13,14)15)6-19-2-3-20-10(4-16)7-19/h5,10H,2-4,6-7,16H2,1H3. The van der Waals surface area contributed by atoms with E-state index in [0.29, 0.717) is 37.5 Å². The van der Waals surface area contributed by atoms with Gasteiger partial charge in [-0.15, -0.1) is 0 Å². The fraction of sp³-hybridized carbons (Fsp3) is 0.667. The SMILES string of the molecule is Cc1nc(C(F)(F)F)ncc1CN1CCOC(CN)C1.